The summed E-state index contributed by atoms with van der Waals surface area (Å²) in [5.74, 6) is 4.28. The van der Waals surface area contributed by atoms with Crippen molar-refractivity contribution >= 4 is 0 Å². The lowest BCUT2D eigenvalue weighted by Gasteiger charge is -2.36. The Labute approximate surface area is 90.5 Å². The molecule has 14 heavy (non-hydrogen) atoms. The zero-order valence-electron chi connectivity index (χ0n) is 10.6. The summed E-state index contributed by atoms with van der Waals surface area (Å²) < 4.78 is 0. The lowest BCUT2D eigenvalue weighted by molar-refractivity contribution is 0.140. The van der Waals surface area contributed by atoms with Crippen molar-refractivity contribution in [1.29, 1.82) is 0 Å². The summed E-state index contributed by atoms with van der Waals surface area (Å²) >= 11 is 0. The van der Waals surface area contributed by atoms with Crippen LogP contribution >= 0.6 is 0 Å². The van der Waals surface area contributed by atoms with Crippen molar-refractivity contribution in [2.75, 3.05) is 0 Å². The summed E-state index contributed by atoms with van der Waals surface area (Å²) in [5, 5.41) is 0. The first-order chi connectivity index (χ1) is 6.79. The van der Waals surface area contributed by atoms with Crippen LogP contribution in [0.3, 0.4) is 0 Å². The topological polar surface area (TPSA) is 0 Å². The normalized spacial score (nSPS) is 32.4. The maximum absolute atomic E-state index is 2.42. The van der Waals surface area contributed by atoms with Crippen molar-refractivity contribution < 1.29 is 0 Å². The smallest absolute Gasteiger partial charge is 0.0355 e. The maximum atomic E-state index is 2.42. The van der Waals surface area contributed by atoms with E-state index in [1.165, 1.54) is 19.3 Å². The molecular formula is C14H28. The Bertz CT molecular complexity index is 144. The lowest BCUT2D eigenvalue weighted by atomic mass is 9.69. The first-order valence-electron chi connectivity index (χ1n) is 6.79. The Kier molecular flexibility index (Phi) is 4.98. The van der Waals surface area contributed by atoms with Gasteiger partial charge in [0, 0.05) is 0 Å². The Morgan fingerprint density at radius 2 is 1.43 bits per heavy atom. The van der Waals surface area contributed by atoms with Gasteiger partial charge in [-0.1, -0.05) is 53.4 Å². The number of hydrogen-bond acceptors (Lipinski definition) is 0. The number of rotatable bonds is 2. The minimum absolute atomic E-state index is 0.943. The van der Waals surface area contributed by atoms with Crippen LogP contribution in [0.2, 0.25) is 0 Å². The molecule has 2 atom stereocenters. The van der Waals surface area contributed by atoms with Crippen LogP contribution in [0.1, 0.15) is 66.2 Å². The Hall–Kier alpha value is 0. The first-order valence-corrected chi connectivity index (χ1v) is 6.79. The molecule has 2 aliphatic rings. The highest BCUT2D eigenvalue weighted by molar-refractivity contribution is 4.87. The summed E-state index contributed by atoms with van der Waals surface area (Å²) in [4.78, 5) is 0. The van der Waals surface area contributed by atoms with Gasteiger partial charge in [-0.05, 0) is 36.5 Å². The van der Waals surface area contributed by atoms with Gasteiger partial charge in [0.2, 0.25) is 0 Å². The van der Waals surface area contributed by atoms with Crippen LogP contribution in [0.4, 0.5) is 0 Å². The van der Waals surface area contributed by atoms with Gasteiger partial charge in [0.05, 0.1) is 0 Å². The molecule has 2 aliphatic carbocycles. The fourth-order valence-electron chi connectivity index (χ4n) is 3.30. The first kappa shape index (κ1) is 12.1. The van der Waals surface area contributed by atoms with Crippen molar-refractivity contribution in [3.63, 3.8) is 0 Å². The highest BCUT2D eigenvalue weighted by Gasteiger charge is 2.37. The van der Waals surface area contributed by atoms with Gasteiger partial charge in [-0.2, -0.15) is 0 Å². The fraction of sp³-hybridized carbons (Fsp3) is 1.00. The van der Waals surface area contributed by atoms with Gasteiger partial charge in [0.1, 0.15) is 0 Å². The summed E-state index contributed by atoms with van der Waals surface area (Å²) in [6, 6.07) is 0. The SMILES string of the molecule is CC.CC(C)C1CCCC1C1CCC1. The number of hydrogen-bond donors (Lipinski definition) is 0. The monoisotopic (exact) mass is 196 g/mol. The van der Waals surface area contributed by atoms with E-state index >= 15 is 0 Å². The van der Waals surface area contributed by atoms with Gasteiger partial charge >= 0.3 is 0 Å². The van der Waals surface area contributed by atoms with Crippen molar-refractivity contribution in [2.24, 2.45) is 23.7 Å². The molecule has 0 aromatic heterocycles. The van der Waals surface area contributed by atoms with Crippen LogP contribution < -0.4 is 0 Å². The van der Waals surface area contributed by atoms with Gasteiger partial charge in [-0.15, -0.1) is 0 Å². The highest BCUT2D eigenvalue weighted by atomic mass is 14.4. The van der Waals surface area contributed by atoms with Crippen molar-refractivity contribution in [2.45, 2.75) is 66.2 Å². The molecule has 0 amide bonds. The zero-order chi connectivity index (χ0) is 10.6. The summed E-state index contributed by atoms with van der Waals surface area (Å²) in [7, 11) is 0. The summed E-state index contributed by atoms with van der Waals surface area (Å²) in [6.07, 6.45) is 9.21. The standard InChI is InChI=1S/C12H22.C2H6/c1-9(2)11-7-4-8-12(11)10-5-3-6-10;1-2/h9-12H,3-8H2,1-2H3;1-2H3. The Morgan fingerprint density at radius 3 is 1.86 bits per heavy atom. The van der Waals surface area contributed by atoms with E-state index in [1.807, 2.05) is 13.8 Å². The fourth-order valence-corrected chi connectivity index (χ4v) is 3.30. The average Bonchev–Trinajstić information content (AvgIpc) is 2.53. The molecule has 0 aliphatic heterocycles. The van der Waals surface area contributed by atoms with Gasteiger partial charge in [-0.25, -0.2) is 0 Å². The van der Waals surface area contributed by atoms with Crippen LogP contribution in [0.15, 0.2) is 0 Å². The Morgan fingerprint density at radius 1 is 0.857 bits per heavy atom. The third kappa shape index (κ3) is 2.52. The van der Waals surface area contributed by atoms with Crippen LogP contribution in [0.25, 0.3) is 0 Å². The molecule has 0 heteroatoms. The maximum Gasteiger partial charge on any atom is -0.0355 e. The molecule has 0 saturated heterocycles. The second kappa shape index (κ2) is 5.78. The van der Waals surface area contributed by atoms with Gasteiger partial charge in [0.25, 0.3) is 0 Å². The molecular weight excluding hydrogens is 168 g/mol. The molecule has 2 rings (SSSR count). The van der Waals surface area contributed by atoms with E-state index in [-0.39, 0.29) is 0 Å². The molecule has 2 fully saturated rings. The zero-order valence-corrected chi connectivity index (χ0v) is 10.6. The van der Waals surface area contributed by atoms with E-state index < -0.39 is 0 Å². The molecule has 0 aromatic carbocycles. The van der Waals surface area contributed by atoms with E-state index in [1.54, 1.807) is 19.3 Å². The molecule has 84 valence electrons. The average molecular weight is 196 g/mol. The third-order valence-electron chi connectivity index (χ3n) is 4.24. The molecule has 0 heterocycles. The molecule has 0 bridgehead atoms. The predicted molar refractivity (Wildman–Crippen MR) is 64.4 cm³/mol. The Balaban J connectivity index is 0.000000461. The van der Waals surface area contributed by atoms with Gasteiger partial charge in [0.15, 0.2) is 0 Å². The van der Waals surface area contributed by atoms with Crippen LogP contribution in [-0.2, 0) is 0 Å². The molecule has 0 aromatic rings. The molecule has 0 N–H and O–H groups in total. The quantitative estimate of drug-likeness (QED) is 0.590. The second-order valence-corrected chi connectivity index (χ2v) is 5.19. The predicted octanol–water partition coefficient (Wildman–Crippen LogP) is 4.89. The van der Waals surface area contributed by atoms with Gasteiger partial charge < -0.3 is 0 Å². The van der Waals surface area contributed by atoms with Crippen LogP contribution in [0, 0.1) is 23.7 Å². The molecule has 0 spiro atoms. The minimum Gasteiger partial charge on any atom is -0.0683 e. The van der Waals surface area contributed by atoms with Crippen LogP contribution in [0.5, 0.6) is 0 Å². The van der Waals surface area contributed by atoms with E-state index in [4.69, 9.17) is 0 Å². The minimum atomic E-state index is 0.943. The summed E-state index contributed by atoms with van der Waals surface area (Å²) in [5.41, 5.74) is 0. The van der Waals surface area contributed by atoms with E-state index in [0.717, 1.165) is 23.7 Å². The van der Waals surface area contributed by atoms with Crippen molar-refractivity contribution in [3.8, 4) is 0 Å². The van der Waals surface area contributed by atoms with E-state index in [9.17, 15) is 0 Å². The van der Waals surface area contributed by atoms with E-state index in [2.05, 4.69) is 13.8 Å². The third-order valence-corrected chi connectivity index (χ3v) is 4.24. The second-order valence-electron chi connectivity index (χ2n) is 5.19. The highest BCUT2D eigenvalue weighted by Crippen LogP contribution is 2.47. The largest absolute Gasteiger partial charge is 0.0683 e. The lowest BCUT2D eigenvalue weighted by Crippen LogP contribution is -2.27. The summed E-state index contributed by atoms with van der Waals surface area (Å²) in [6.45, 7) is 8.84. The molecule has 0 radical (unpaired) electrons. The molecule has 2 unspecified atom stereocenters. The van der Waals surface area contributed by atoms with Gasteiger partial charge in [-0.3, -0.25) is 0 Å². The van der Waals surface area contributed by atoms with E-state index in [0.29, 0.717) is 0 Å². The van der Waals surface area contributed by atoms with Crippen molar-refractivity contribution in [1.82, 2.24) is 0 Å². The molecule has 2 saturated carbocycles. The van der Waals surface area contributed by atoms with Crippen molar-refractivity contribution in [3.05, 3.63) is 0 Å². The van der Waals surface area contributed by atoms with Crippen LogP contribution in [-0.4, -0.2) is 0 Å². The molecule has 0 nitrogen and oxygen atoms in total.